The highest BCUT2D eigenvalue weighted by Crippen LogP contribution is 2.36. The number of benzene rings is 1. The summed E-state index contributed by atoms with van der Waals surface area (Å²) in [5.74, 6) is 0.411. The fraction of sp³-hybridized carbons (Fsp3) is 0.312. The molecule has 154 valence electrons. The molecule has 29 heavy (non-hydrogen) atoms. The molecule has 2 rings (SSSR count). The van der Waals surface area contributed by atoms with E-state index in [2.05, 4.69) is 20.4 Å². The van der Waals surface area contributed by atoms with Gasteiger partial charge < -0.3 is 15.6 Å². The van der Waals surface area contributed by atoms with E-state index in [0.717, 1.165) is 0 Å². The average Bonchev–Trinajstić information content (AvgIpc) is 2.67. The van der Waals surface area contributed by atoms with Crippen molar-refractivity contribution < 1.29 is 19.5 Å². The molecule has 10 nitrogen and oxygen atoms in total. The van der Waals surface area contributed by atoms with Gasteiger partial charge in [0, 0.05) is 17.7 Å². The SMILES string of the molecule is N#CCOc1cc(-c2nc(N)nc(SCCC(=O)NOCCO)n2)c(Cl)cc1Cl. The molecule has 2 aromatic rings. The number of hydrogen-bond acceptors (Lipinski definition) is 10. The first kappa shape index (κ1) is 22.9. The minimum Gasteiger partial charge on any atom is -0.477 e. The number of aliphatic hydroxyl groups is 1. The van der Waals surface area contributed by atoms with Crippen LogP contribution in [0.5, 0.6) is 5.75 Å². The summed E-state index contributed by atoms with van der Waals surface area (Å²) in [6.07, 6.45) is 0.130. The Kier molecular flexibility index (Phi) is 9.17. The normalized spacial score (nSPS) is 10.4. The van der Waals surface area contributed by atoms with Crippen LogP contribution >= 0.6 is 35.0 Å². The second-order valence-electron chi connectivity index (χ2n) is 5.20. The molecule has 0 saturated heterocycles. The summed E-state index contributed by atoms with van der Waals surface area (Å²) >= 11 is 13.5. The van der Waals surface area contributed by atoms with Gasteiger partial charge in [0.25, 0.3) is 0 Å². The Morgan fingerprint density at radius 3 is 2.83 bits per heavy atom. The highest BCUT2D eigenvalue weighted by atomic mass is 35.5. The lowest BCUT2D eigenvalue weighted by Crippen LogP contribution is -2.25. The van der Waals surface area contributed by atoms with E-state index in [0.29, 0.717) is 16.5 Å². The standard InChI is InChI=1S/C16H16Cl2N6O4S/c17-10-8-11(18)12(27-4-2-19)7-9(10)14-21-15(20)23-16(22-14)29-6-1-13(26)24-28-5-3-25/h7-8,25H,1,3-6H2,(H,24,26)(H2,20,21,22,23). The molecule has 0 spiro atoms. The Bertz CT molecular complexity index is 912. The van der Waals surface area contributed by atoms with Gasteiger partial charge in [-0.3, -0.25) is 9.63 Å². The Morgan fingerprint density at radius 2 is 2.10 bits per heavy atom. The zero-order chi connectivity index (χ0) is 21.2. The second kappa shape index (κ2) is 11.6. The quantitative estimate of drug-likeness (QED) is 0.272. The zero-order valence-electron chi connectivity index (χ0n) is 14.9. The van der Waals surface area contributed by atoms with Crippen molar-refractivity contribution in [2.45, 2.75) is 11.6 Å². The molecular weight excluding hydrogens is 443 g/mol. The summed E-state index contributed by atoms with van der Waals surface area (Å²) in [6.45, 7) is -0.377. The number of nitrogen functional groups attached to an aromatic ring is 1. The van der Waals surface area contributed by atoms with Crippen LogP contribution in [0.3, 0.4) is 0 Å². The maximum absolute atomic E-state index is 11.6. The van der Waals surface area contributed by atoms with Crippen molar-refractivity contribution in [2.24, 2.45) is 0 Å². The number of carbonyl (C=O) groups excluding carboxylic acids is 1. The molecule has 1 aromatic heterocycles. The third-order valence-electron chi connectivity index (χ3n) is 3.13. The summed E-state index contributed by atoms with van der Waals surface area (Å²) in [5, 5.41) is 18.1. The summed E-state index contributed by atoms with van der Waals surface area (Å²) in [6, 6.07) is 4.82. The van der Waals surface area contributed by atoms with Crippen molar-refractivity contribution in [3.63, 3.8) is 0 Å². The number of aliphatic hydroxyl groups excluding tert-OH is 1. The van der Waals surface area contributed by atoms with Crippen LogP contribution in [-0.4, -0.2) is 51.5 Å². The van der Waals surface area contributed by atoms with Gasteiger partial charge >= 0.3 is 0 Å². The first-order valence-electron chi connectivity index (χ1n) is 8.09. The van der Waals surface area contributed by atoms with Gasteiger partial charge in [-0.15, -0.1) is 0 Å². The van der Waals surface area contributed by atoms with E-state index in [1.807, 2.05) is 6.07 Å². The van der Waals surface area contributed by atoms with Crippen molar-refractivity contribution >= 4 is 46.8 Å². The smallest absolute Gasteiger partial charge is 0.244 e. The third kappa shape index (κ3) is 7.19. The molecule has 0 aliphatic rings. The van der Waals surface area contributed by atoms with E-state index in [1.54, 1.807) is 0 Å². The van der Waals surface area contributed by atoms with Crippen molar-refractivity contribution in [2.75, 3.05) is 31.3 Å². The van der Waals surface area contributed by atoms with E-state index < -0.39 is 0 Å². The summed E-state index contributed by atoms with van der Waals surface area (Å²) in [4.78, 5) is 28.7. The Labute approximate surface area is 180 Å². The number of thioether (sulfide) groups is 1. The number of aromatic nitrogens is 3. The van der Waals surface area contributed by atoms with Gasteiger partial charge in [0.2, 0.25) is 11.9 Å². The number of nitrogens with two attached hydrogens (primary N) is 1. The van der Waals surface area contributed by atoms with Gasteiger partial charge in [0.05, 0.1) is 23.3 Å². The number of hydroxylamine groups is 1. The minimum absolute atomic E-state index is 0.00810. The number of nitrogens with zero attached hydrogens (tertiary/aromatic N) is 4. The number of anilines is 1. The van der Waals surface area contributed by atoms with Crippen LogP contribution in [0.4, 0.5) is 5.95 Å². The molecule has 0 bridgehead atoms. The molecule has 0 fully saturated rings. The highest BCUT2D eigenvalue weighted by Gasteiger charge is 2.15. The van der Waals surface area contributed by atoms with Crippen LogP contribution in [0.1, 0.15) is 6.42 Å². The fourth-order valence-corrected chi connectivity index (χ4v) is 3.24. The molecule has 0 aliphatic heterocycles. The Morgan fingerprint density at radius 1 is 1.31 bits per heavy atom. The first-order valence-corrected chi connectivity index (χ1v) is 9.83. The minimum atomic E-state index is -0.353. The van der Waals surface area contributed by atoms with Gasteiger partial charge in [0.15, 0.2) is 17.6 Å². The number of ether oxygens (including phenoxy) is 1. The molecule has 13 heteroatoms. The van der Waals surface area contributed by atoms with Gasteiger partial charge in [-0.2, -0.15) is 15.2 Å². The first-order chi connectivity index (χ1) is 13.9. The van der Waals surface area contributed by atoms with E-state index in [-0.39, 0.29) is 59.7 Å². The summed E-state index contributed by atoms with van der Waals surface area (Å²) in [7, 11) is 0. The van der Waals surface area contributed by atoms with Gasteiger partial charge in [0.1, 0.15) is 11.8 Å². The number of nitrogens with one attached hydrogen (secondary N) is 1. The van der Waals surface area contributed by atoms with Gasteiger partial charge in [-0.05, 0) is 12.1 Å². The van der Waals surface area contributed by atoms with Gasteiger partial charge in [-0.25, -0.2) is 10.5 Å². The number of carbonyl (C=O) groups is 1. The predicted octanol–water partition coefficient (Wildman–Crippen LogP) is 1.85. The number of halogens is 2. The van der Waals surface area contributed by atoms with Crippen molar-refractivity contribution in [1.82, 2.24) is 20.4 Å². The number of hydrogen-bond donors (Lipinski definition) is 3. The molecule has 4 N–H and O–H groups in total. The maximum Gasteiger partial charge on any atom is 0.244 e. The number of nitriles is 1. The maximum atomic E-state index is 11.6. The van der Waals surface area contributed by atoms with Crippen LogP contribution in [0.25, 0.3) is 11.4 Å². The fourth-order valence-electron chi connectivity index (χ4n) is 1.94. The molecule has 0 aliphatic carbocycles. The topological polar surface area (TPSA) is 156 Å². The van der Waals surface area contributed by atoms with E-state index in [9.17, 15) is 4.79 Å². The molecule has 0 atom stereocenters. The van der Waals surface area contributed by atoms with E-state index >= 15 is 0 Å². The van der Waals surface area contributed by atoms with Crippen LogP contribution < -0.4 is 16.0 Å². The van der Waals surface area contributed by atoms with E-state index in [1.165, 1.54) is 23.9 Å². The third-order valence-corrected chi connectivity index (χ3v) is 4.58. The molecule has 0 radical (unpaired) electrons. The van der Waals surface area contributed by atoms with Crippen molar-refractivity contribution in [3.8, 4) is 23.2 Å². The van der Waals surface area contributed by atoms with Crippen LogP contribution in [-0.2, 0) is 9.63 Å². The molecule has 1 aromatic carbocycles. The monoisotopic (exact) mass is 458 g/mol. The lowest BCUT2D eigenvalue weighted by Gasteiger charge is -2.10. The molecule has 1 amide bonds. The predicted molar refractivity (Wildman–Crippen MR) is 107 cm³/mol. The van der Waals surface area contributed by atoms with Crippen LogP contribution in [0, 0.1) is 11.3 Å². The summed E-state index contributed by atoms with van der Waals surface area (Å²) < 4.78 is 5.26. The highest BCUT2D eigenvalue weighted by molar-refractivity contribution is 7.99. The number of rotatable bonds is 10. The molecule has 0 unspecified atom stereocenters. The van der Waals surface area contributed by atoms with Crippen LogP contribution in [0.2, 0.25) is 10.0 Å². The molecular formula is C16H16Cl2N6O4S. The average molecular weight is 459 g/mol. The zero-order valence-corrected chi connectivity index (χ0v) is 17.2. The van der Waals surface area contributed by atoms with Crippen LogP contribution in [0.15, 0.2) is 17.3 Å². The van der Waals surface area contributed by atoms with E-state index in [4.69, 9.17) is 48.9 Å². The summed E-state index contributed by atoms with van der Waals surface area (Å²) in [5.41, 5.74) is 8.36. The number of amides is 1. The van der Waals surface area contributed by atoms with Crippen molar-refractivity contribution in [3.05, 3.63) is 22.2 Å². The van der Waals surface area contributed by atoms with Crippen molar-refractivity contribution in [1.29, 1.82) is 5.26 Å². The second-order valence-corrected chi connectivity index (χ2v) is 7.08. The molecule has 1 heterocycles. The largest absolute Gasteiger partial charge is 0.477 e. The molecule has 0 saturated carbocycles. The Hall–Kier alpha value is -2.36. The lowest BCUT2D eigenvalue weighted by atomic mass is 10.2. The lowest BCUT2D eigenvalue weighted by molar-refractivity contribution is -0.133. The Balaban J connectivity index is 2.12. The van der Waals surface area contributed by atoms with Gasteiger partial charge in [-0.1, -0.05) is 35.0 Å².